The maximum absolute atomic E-state index is 9.17. The Morgan fingerprint density at radius 3 is 1.71 bits per heavy atom. The first-order chi connectivity index (χ1) is 3.33. The van der Waals surface area contributed by atoms with Crippen molar-refractivity contribution in [3.63, 3.8) is 0 Å². The second-order valence-electron chi connectivity index (χ2n) is 0.891. The van der Waals surface area contributed by atoms with Crippen molar-refractivity contribution in [1.82, 2.24) is 0 Å². The molecule has 0 N–H and O–H groups in total. The number of rotatable bonds is 1. The molecule has 2 heteroatoms. The van der Waals surface area contributed by atoms with E-state index in [1.807, 2.05) is 6.92 Å². The summed E-state index contributed by atoms with van der Waals surface area (Å²) < 4.78 is 0. The Morgan fingerprint density at radius 1 is 1.57 bits per heavy atom. The predicted molar refractivity (Wildman–Crippen MR) is 28.1 cm³/mol. The van der Waals surface area contributed by atoms with Gasteiger partial charge in [0.15, 0.2) is 0 Å². The third-order valence-electron chi connectivity index (χ3n) is 0.167. The number of carbonyl (C=O) groups excluding carboxylic acids is 1. The summed E-state index contributed by atoms with van der Waals surface area (Å²) >= 11 is 0.583. The fourth-order valence-corrected chi connectivity index (χ4v) is 0. The molecule has 1 nitrogen and oxygen atoms in total. The average molecular weight is 283 g/mol. The van der Waals surface area contributed by atoms with Crippen molar-refractivity contribution in [3.05, 3.63) is 0 Å². The van der Waals surface area contributed by atoms with Gasteiger partial charge in [0.05, 0.1) is 0 Å². The normalized spacial score (nSPS) is 6.71. The van der Waals surface area contributed by atoms with Gasteiger partial charge in [-0.3, -0.25) is 0 Å². The van der Waals surface area contributed by atoms with Crippen LogP contribution in [-0.2, 0) is 23.4 Å². The van der Waals surface area contributed by atoms with Crippen LogP contribution in [0.4, 0.5) is 0 Å². The Bertz CT molecular complexity index is 29.3. The van der Waals surface area contributed by atoms with Gasteiger partial charge in [0, 0.05) is 6.42 Å². The van der Waals surface area contributed by atoms with Crippen LogP contribution in [0, 0.1) is 0 Å². The average Bonchev–Trinajstić information content (AvgIpc) is 1.69. The van der Waals surface area contributed by atoms with Crippen LogP contribution in [0.5, 0.6) is 0 Å². The van der Waals surface area contributed by atoms with Gasteiger partial charge >= 0.3 is 29.2 Å². The molecule has 0 saturated carbocycles. The van der Waals surface area contributed by atoms with Crippen LogP contribution in [0.3, 0.4) is 0 Å². The van der Waals surface area contributed by atoms with Crippen LogP contribution in [0.15, 0.2) is 0 Å². The van der Waals surface area contributed by atoms with E-state index in [1.165, 1.54) is 0 Å². The van der Waals surface area contributed by atoms with Gasteiger partial charge in [0.1, 0.15) is 6.29 Å². The summed E-state index contributed by atoms with van der Waals surface area (Å²) in [5.41, 5.74) is 0. The molecule has 0 unspecified atom stereocenters. The molecule has 0 aliphatic rings. The molecular weight excluding hydrogens is 271 g/mol. The summed E-state index contributed by atoms with van der Waals surface area (Å²) in [6.07, 6.45) is 1.51. The van der Waals surface area contributed by atoms with Crippen LogP contribution >= 0.6 is 0 Å². The first-order valence-electron chi connectivity index (χ1n) is 1.98. The maximum atomic E-state index is 9.17. The van der Waals surface area contributed by atoms with Crippen molar-refractivity contribution in [2.45, 2.75) is 24.0 Å². The molecule has 0 aliphatic carbocycles. The Morgan fingerprint density at radius 2 is 1.71 bits per heavy atom. The fourth-order valence-electron chi connectivity index (χ4n) is 0. The van der Waals surface area contributed by atoms with Gasteiger partial charge < -0.3 is 4.79 Å². The predicted octanol–water partition coefficient (Wildman–Crippen LogP) is 1.76. The van der Waals surface area contributed by atoms with Crippen molar-refractivity contribution in [1.29, 1.82) is 0 Å². The summed E-state index contributed by atoms with van der Waals surface area (Å²) in [6.45, 7) is 1.81. The van der Waals surface area contributed by atoms with Crippen LogP contribution in [0.25, 0.3) is 0 Å². The monoisotopic (exact) mass is 283 g/mol. The minimum absolute atomic E-state index is 0.583. The number of carbonyl (C=O) groups is 1. The van der Waals surface area contributed by atoms with Gasteiger partial charge in [-0.05, 0) is 0 Å². The molecule has 0 fully saturated rings. The Hall–Kier alpha value is 0.358. The molecule has 0 aromatic heterocycles. The molecule has 0 spiro atoms. The van der Waals surface area contributed by atoms with Gasteiger partial charge in [-0.25, -0.2) is 0 Å². The van der Waals surface area contributed by atoms with Crippen molar-refractivity contribution in [2.75, 3.05) is 0 Å². The van der Waals surface area contributed by atoms with Gasteiger partial charge in [-0.2, -0.15) is 0 Å². The standard InChI is InChI=1S/C3H6O.2CH3.Pt/c1-2-3-4;;;/h3H,2H2,1H3;2*1H3;. The first-order valence-corrected chi connectivity index (χ1v) is 6.53. The van der Waals surface area contributed by atoms with Crippen LogP contribution in [-0.4, -0.2) is 6.29 Å². The Kier molecular flexibility index (Phi) is 24.0. The quantitative estimate of drug-likeness (QED) is 0.670. The van der Waals surface area contributed by atoms with E-state index in [4.69, 9.17) is 0 Å². The zero-order valence-corrected chi connectivity index (χ0v) is 7.28. The molecular formula is C5H12OPt. The van der Waals surface area contributed by atoms with Gasteiger partial charge in [-0.1, -0.05) is 6.92 Å². The fraction of sp³-hybridized carbons (Fsp3) is 0.800. The molecule has 0 heterocycles. The third-order valence-corrected chi connectivity index (χ3v) is 0.167. The third kappa shape index (κ3) is 65.5. The van der Waals surface area contributed by atoms with Gasteiger partial charge in [0.25, 0.3) is 0 Å². The molecule has 0 amide bonds. The number of hydrogen-bond acceptors (Lipinski definition) is 1. The molecule has 0 bridgehead atoms. The Labute approximate surface area is 54.0 Å². The summed E-state index contributed by atoms with van der Waals surface area (Å²) in [4.78, 5) is 9.17. The molecule has 48 valence electrons. The van der Waals surface area contributed by atoms with E-state index < -0.39 is 0 Å². The van der Waals surface area contributed by atoms with Crippen LogP contribution in [0.2, 0.25) is 10.6 Å². The van der Waals surface area contributed by atoms with E-state index in [1.54, 1.807) is 0 Å². The molecule has 0 saturated heterocycles. The zero-order valence-electron chi connectivity index (χ0n) is 5.01. The van der Waals surface area contributed by atoms with Crippen molar-refractivity contribution in [2.24, 2.45) is 0 Å². The second kappa shape index (κ2) is 16.2. The van der Waals surface area contributed by atoms with Crippen LogP contribution < -0.4 is 0 Å². The van der Waals surface area contributed by atoms with E-state index in [2.05, 4.69) is 10.6 Å². The van der Waals surface area contributed by atoms with E-state index in [9.17, 15) is 4.79 Å². The number of hydrogen-bond donors (Lipinski definition) is 0. The molecule has 0 aromatic carbocycles. The van der Waals surface area contributed by atoms with Gasteiger partial charge in [-0.15, -0.1) is 0 Å². The molecule has 7 heavy (non-hydrogen) atoms. The molecule has 0 aromatic rings. The topological polar surface area (TPSA) is 17.1 Å². The summed E-state index contributed by atoms with van der Waals surface area (Å²) in [6, 6.07) is 0. The minimum atomic E-state index is 0.583. The van der Waals surface area contributed by atoms with E-state index in [-0.39, 0.29) is 0 Å². The molecule has 0 atom stereocenters. The van der Waals surface area contributed by atoms with Crippen molar-refractivity contribution >= 4 is 6.29 Å². The van der Waals surface area contributed by atoms with Crippen molar-refractivity contribution < 1.29 is 23.4 Å². The molecule has 0 aliphatic heterocycles. The SMILES string of the molecule is CCC=O.[CH3][Pt][CH3]. The van der Waals surface area contributed by atoms with Crippen LogP contribution in [0.1, 0.15) is 13.3 Å². The zero-order chi connectivity index (χ0) is 6.12. The van der Waals surface area contributed by atoms with E-state index in [0.717, 1.165) is 6.29 Å². The van der Waals surface area contributed by atoms with E-state index in [0.29, 0.717) is 25.0 Å². The summed E-state index contributed by atoms with van der Waals surface area (Å²) in [7, 11) is 0. The second-order valence-corrected chi connectivity index (χ2v) is 3.16. The molecule has 0 radical (unpaired) electrons. The molecule has 0 rings (SSSR count). The summed E-state index contributed by atoms with van der Waals surface area (Å²) in [5, 5.41) is 4.47. The number of aldehydes is 1. The Balaban J connectivity index is 0. The van der Waals surface area contributed by atoms with Gasteiger partial charge in [0.2, 0.25) is 0 Å². The van der Waals surface area contributed by atoms with Crippen molar-refractivity contribution in [3.8, 4) is 0 Å². The van der Waals surface area contributed by atoms with E-state index >= 15 is 0 Å². The summed E-state index contributed by atoms with van der Waals surface area (Å²) in [5.74, 6) is 0. The first kappa shape index (κ1) is 10.4.